The molecule has 0 unspecified atom stereocenters. The summed E-state index contributed by atoms with van der Waals surface area (Å²) in [5.74, 6) is 0.633. The predicted octanol–water partition coefficient (Wildman–Crippen LogP) is 2.17. The zero-order valence-electron chi connectivity index (χ0n) is 13.2. The maximum atomic E-state index is 12.4. The van der Waals surface area contributed by atoms with Gasteiger partial charge in [-0.2, -0.15) is 5.26 Å². The third-order valence-electron chi connectivity index (χ3n) is 3.47. The van der Waals surface area contributed by atoms with Crippen LogP contribution < -0.4 is 11.1 Å². The van der Waals surface area contributed by atoms with Crippen LogP contribution in [-0.2, 0) is 6.54 Å². The Morgan fingerprint density at radius 1 is 1.08 bits per heavy atom. The van der Waals surface area contributed by atoms with Crippen LogP contribution in [0.15, 0.2) is 55.0 Å². The quantitative estimate of drug-likeness (QED) is 0.688. The van der Waals surface area contributed by atoms with E-state index >= 15 is 0 Å². The molecule has 0 atom stereocenters. The molecule has 3 rings (SSSR count). The molecule has 3 N–H and O–H groups in total. The van der Waals surface area contributed by atoms with E-state index in [-0.39, 0.29) is 5.78 Å². The maximum Gasteiger partial charge on any atom is 0.222 e. The number of nitrogens with one attached hydrogen (secondary N) is 1. The number of nitrogens with two attached hydrogens (primary N) is 1. The highest BCUT2D eigenvalue weighted by molar-refractivity contribution is 6.08. The van der Waals surface area contributed by atoms with Crippen molar-refractivity contribution in [2.75, 3.05) is 11.1 Å². The van der Waals surface area contributed by atoms with E-state index in [1.807, 2.05) is 12.1 Å². The third-order valence-corrected chi connectivity index (χ3v) is 3.47. The van der Waals surface area contributed by atoms with Crippen molar-refractivity contribution in [1.29, 1.82) is 5.26 Å². The van der Waals surface area contributed by atoms with Gasteiger partial charge in [0.1, 0.15) is 5.82 Å². The van der Waals surface area contributed by atoms with E-state index in [0.29, 0.717) is 35.0 Å². The van der Waals surface area contributed by atoms with Crippen LogP contribution >= 0.6 is 0 Å². The van der Waals surface area contributed by atoms with Gasteiger partial charge < -0.3 is 11.1 Å². The van der Waals surface area contributed by atoms with E-state index in [1.54, 1.807) is 36.5 Å². The number of nitriles is 1. The largest absolute Gasteiger partial charge is 0.384 e. The van der Waals surface area contributed by atoms with Crippen molar-refractivity contribution in [2.24, 2.45) is 0 Å². The summed E-state index contributed by atoms with van der Waals surface area (Å²) >= 11 is 0. The van der Waals surface area contributed by atoms with Crippen LogP contribution in [0.4, 0.5) is 11.8 Å². The molecular weight excluding hydrogens is 316 g/mol. The van der Waals surface area contributed by atoms with Gasteiger partial charge in [-0.1, -0.05) is 18.2 Å². The minimum Gasteiger partial charge on any atom is -0.384 e. The van der Waals surface area contributed by atoms with Gasteiger partial charge in [-0.05, 0) is 23.8 Å². The van der Waals surface area contributed by atoms with E-state index in [2.05, 4.69) is 20.3 Å². The molecule has 0 amide bonds. The number of hydrogen-bond acceptors (Lipinski definition) is 7. The lowest BCUT2D eigenvalue weighted by Crippen LogP contribution is -2.07. The second kappa shape index (κ2) is 7.19. The fraction of sp³-hybridized carbons (Fsp3) is 0.0556. The topological polar surface area (TPSA) is 118 Å². The van der Waals surface area contributed by atoms with Crippen molar-refractivity contribution >= 4 is 17.5 Å². The summed E-state index contributed by atoms with van der Waals surface area (Å²) in [7, 11) is 0. The molecule has 1 aromatic carbocycles. The molecule has 0 radical (unpaired) electrons. The fourth-order valence-electron chi connectivity index (χ4n) is 2.15. The zero-order valence-corrected chi connectivity index (χ0v) is 13.2. The molecule has 0 spiro atoms. The number of nitrogen functional groups attached to an aromatic ring is 1. The summed E-state index contributed by atoms with van der Waals surface area (Å²) in [4.78, 5) is 24.7. The second-order valence-electron chi connectivity index (χ2n) is 5.26. The molecule has 0 aliphatic heterocycles. The number of pyridine rings is 1. The van der Waals surface area contributed by atoms with Crippen LogP contribution in [0, 0.1) is 11.3 Å². The van der Waals surface area contributed by atoms with E-state index in [9.17, 15) is 4.79 Å². The van der Waals surface area contributed by atoms with E-state index < -0.39 is 0 Å². The third kappa shape index (κ3) is 3.95. The molecule has 7 nitrogen and oxygen atoms in total. The molecule has 3 aromatic rings. The van der Waals surface area contributed by atoms with Crippen molar-refractivity contribution < 1.29 is 4.79 Å². The predicted molar refractivity (Wildman–Crippen MR) is 92.6 cm³/mol. The fourth-order valence-corrected chi connectivity index (χ4v) is 2.15. The Balaban J connectivity index is 1.68. The number of nitrogens with zero attached hydrogens (tertiary/aromatic N) is 4. The van der Waals surface area contributed by atoms with Crippen LogP contribution in [0.2, 0.25) is 0 Å². The number of carbonyl (C=O) groups is 1. The molecule has 2 aromatic heterocycles. The molecule has 25 heavy (non-hydrogen) atoms. The molecule has 0 aliphatic carbocycles. The maximum absolute atomic E-state index is 12.4. The summed E-state index contributed by atoms with van der Waals surface area (Å²) in [6.45, 7) is 0.491. The average Bonchev–Trinajstić information content (AvgIpc) is 2.67. The minimum atomic E-state index is -0.230. The molecular formula is C18H14N6O. The lowest BCUT2D eigenvalue weighted by molar-refractivity contribution is 0.103. The van der Waals surface area contributed by atoms with Gasteiger partial charge in [-0.15, -0.1) is 0 Å². The Bertz CT molecular complexity index is 929. The van der Waals surface area contributed by atoms with Gasteiger partial charge in [0.2, 0.25) is 5.95 Å². The lowest BCUT2D eigenvalue weighted by atomic mass is 10.0. The number of rotatable bonds is 5. The van der Waals surface area contributed by atoms with Crippen molar-refractivity contribution in [2.45, 2.75) is 6.54 Å². The lowest BCUT2D eigenvalue weighted by Gasteiger charge is -2.06. The molecule has 0 fully saturated rings. The van der Waals surface area contributed by atoms with Crippen LogP contribution in [0.3, 0.4) is 0 Å². The first-order valence-electron chi connectivity index (χ1n) is 7.47. The molecule has 0 saturated heterocycles. The summed E-state index contributed by atoms with van der Waals surface area (Å²) in [6.07, 6.45) is 4.58. The summed E-state index contributed by atoms with van der Waals surface area (Å²) in [5, 5.41) is 12.0. The number of carbonyl (C=O) groups excluding carboxylic acids is 1. The molecule has 122 valence electrons. The van der Waals surface area contributed by atoms with Crippen molar-refractivity contribution in [3.8, 4) is 6.07 Å². The van der Waals surface area contributed by atoms with Gasteiger partial charge in [0, 0.05) is 30.7 Å². The molecule has 0 saturated carbocycles. The Labute approximate surface area is 144 Å². The molecule has 2 heterocycles. The highest BCUT2D eigenvalue weighted by Gasteiger charge is 2.11. The number of aromatic nitrogens is 3. The first-order valence-corrected chi connectivity index (χ1v) is 7.47. The Morgan fingerprint density at radius 3 is 2.56 bits per heavy atom. The van der Waals surface area contributed by atoms with Crippen LogP contribution in [0.25, 0.3) is 0 Å². The standard InChI is InChI=1S/C18H14N6O/c19-7-12-2-1-3-14(6-12)17(25)15-10-23-18(24-11-15)22-9-13-4-5-16(20)21-8-13/h1-6,8,10-11H,9H2,(H2,20,21)(H,22,23,24). The number of anilines is 2. The van der Waals surface area contributed by atoms with Gasteiger partial charge in [0.15, 0.2) is 5.78 Å². The molecule has 7 heteroatoms. The van der Waals surface area contributed by atoms with E-state index in [0.717, 1.165) is 5.56 Å². The van der Waals surface area contributed by atoms with Crippen molar-refractivity contribution in [1.82, 2.24) is 15.0 Å². The van der Waals surface area contributed by atoms with Gasteiger partial charge in [-0.25, -0.2) is 15.0 Å². The first kappa shape index (κ1) is 16.1. The van der Waals surface area contributed by atoms with Gasteiger partial charge in [0.05, 0.1) is 17.2 Å². The first-order chi connectivity index (χ1) is 12.2. The summed E-state index contributed by atoms with van der Waals surface area (Å²) in [5.41, 5.74) is 7.69. The van der Waals surface area contributed by atoms with Gasteiger partial charge >= 0.3 is 0 Å². The smallest absolute Gasteiger partial charge is 0.222 e. The van der Waals surface area contributed by atoms with Gasteiger partial charge in [-0.3, -0.25) is 4.79 Å². The van der Waals surface area contributed by atoms with Crippen LogP contribution in [-0.4, -0.2) is 20.7 Å². The number of benzene rings is 1. The van der Waals surface area contributed by atoms with Crippen molar-refractivity contribution in [3.63, 3.8) is 0 Å². The average molecular weight is 330 g/mol. The summed E-state index contributed by atoms with van der Waals surface area (Å²) < 4.78 is 0. The van der Waals surface area contributed by atoms with Crippen molar-refractivity contribution in [3.05, 3.63) is 77.2 Å². The van der Waals surface area contributed by atoms with Crippen LogP contribution in [0.1, 0.15) is 27.0 Å². The molecule has 0 aliphatic rings. The highest BCUT2D eigenvalue weighted by atomic mass is 16.1. The monoisotopic (exact) mass is 330 g/mol. The van der Waals surface area contributed by atoms with Gasteiger partial charge in [0.25, 0.3) is 0 Å². The Kier molecular flexibility index (Phi) is 4.62. The highest BCUT2D eigenvalue weighted by Crippen LogP contribution is 2.12. The minimum absolute atomic E-state index is 0.230. The zero-order chi connectivity index (χ0) is 17.6. The Hall–Kier alpha value is -3.79. The van der Waals surface area contributed by atoms with E-state index in [4.69, 9.17) is 11.0 Å². The molecule has 0 bridgehead atoms. The SMILES string of the molecule is N#Cc1cccc(C(=O)c2cnc(NCc3ccc(N)nc3)nc2)c1. The van der Waals surface area contributed by atoms with E-state index in [1.165, 1.54) is 12.4 Å². The second-order valence-corrected chi connectivity index (χ2v) is 5.26. The summed E-state index contributed by atoms with van der Waals surface area (Å²) in [6, 6.07) is 12.1. The normalized spacial score (nSPS) is 10.0. The number of hydrogen-bond donors (Lipinski definition) is 2. The van der Waals surface area contributed by atoms with Crippen LogP contribution in [0.5, 0.6) is 0 Å². The number of ketones is 1. The Morgan fingerprint density at radius 2 is 1.88 bits per heavy atom.